The van der Waals surface area contributed by atoms with Crippen molar-refractivity contribution in [1.82, 2.24) is 0 Å². The average molecular weight is 143 g/mol. The van der Waals surface area contributed by atoms with E-state index >= 15 is 0 Å². The van der Waals surface area contributed by atoms with Crippen LogP contribution in [0.4, 0.5) is 0 Å². The van der Waals surface area contributed by atoms with Gasteiger partial charge in [-0.05, 0) is 12.8 Å². The Hall–Kier alpha value is -0.410. The molecule has 0 bridgehead atoms. The Kier molecular flexibility index (Phi) is 3.40. The van der Waals surface area contributed by atoms with Crippen molar-refractivity contribution < 1.29 is 14.3 Å². The van der Waals surface area contributed by atoms with E-state index in [1.165, 1.54) is 0 Å². The van der Waals surface area contributed by atoms with Crippen LogP contribution in [0.1, 0.15) is 12.8 Å². The van der Waals surface area contributed by atoms with Gasteiger partial charge in [0.2, 0.25) is 6.29 Å². The third-order valence-electron chi connectivity index (χ3n) is 1.50. The first-order valence-corrected chi connectivity index (χ1v) is 3.48. The summed E-state index contributed by atoms with van der Waals surface area (Å²) >= 11 is 0. The van der Waals surface area contributed by atoms with Crippen molar-refractivity contribution in [1.29, 1.82) is 0 Å². The van der Waals surface area contributed by atoms with Crippen molar-refractivity contribution >= 4 is 6.29 Å². The van der Waals surface area contributed by atoms with Crippen LogP contribution in [0.2, 0.25) is 0 Å². The minimum atomic E-state index is 0.0774. The Bertz CT molecular complexity index is 97.0. The van der Waals surface area contributed by atoms with Crippen LogP contribution >= 0.6 is 0 Å². The molecule has 0 aromatic carbocycles. The Balaban J connectivity index is 2.07. The van der Waals surface area contributed by atoms with Crippen molar-refractivity contribution in [2.45, 2.75) is 18.9 Å². The fraction of sp³-hybridized carbons (Fsp3) is 0.857. The normalized spacial score (nSPS) is 26.2. The van der Waals surface area contributed by atoms with Gasteiger partial charge in [-0.15, -0.1) is 0 Å². The van der Waals surface area contributed by atoms with E-state index in [4.69, 9.17) is 9.47 Å². The smallest absolute Gasteiger partial charge is 0.226 e. The molecule has 1 aliphatic heterocycles. The van der Waals surface area contributed by atoms with E-state index < -0.39 is 0 Å². The van der Waals surface area contributed by atoms with Crippen LogP contribution in [-0.2, 0) is 14.3 Å². The van der Waals surface area contributed by atoms with Gasteiger partial charge < -0.3 is 9.47 Å². The van der Waals surface area contributed by atoms with Crippen LogP contribution in [0, 0.1) is 0 Å². The number of carbonyl (C=O) groups excluding carboxylic acids is 1. The molecule has 1 fully saturated rings. The zero-order valence-electron chi connectivity index (χ0n) is 5.84. The van der Waals surface area contributed by atoms with E-state index in [2.05, 4.69) is 0 Å². The average Bonchev–Trinajstić information content (AvgIpc) is 2.03. The van der Waals surface area contributed by atoms with Gasteiger partial charge in [0.1, 0.15) is 6.61 Å². The van der Waals surface area contributed by atoms with Crippen LogP contribution in [0.5, 0.6) is 0 Å². The molecule has 1 atom stereocenters. The predicted octanol–water partition coefficient (Wildman–Crippen LogP) is 0.292. The second kappa shape index (κ2) is 4.41. The molecule has 1 unspecified atom stereocenters. The van der Waals surface area contributed by atoms with Gasteiger partial charge in [-0.1, -0.05) is 0 Å². The maximum Gasteiger partial charge on any atom is 0.226 e. The van der Waals surface area contributed by atoms with Gasteiger partial charge in [0, 0.05) is 6.61 Å². The second-order valence-corrected chi connectivity index (χ2v) is 2.29. The Labute approximate surface area is 60.3 Å². The van der Waals surface area contributed by atoms with Crippen LogP contribution in [0.15, 0.2) is 0 Å². The van der Waals surface area contributed by atoms with Crippen molar-refractivity contribution in [3.63, 3.8) is 0 Å². The number of rotatable bonds is 3. The lowest BCUT2D eigenvalue weighted by atomic mass is 10.2. The third-order valence-corrected chi connectivity index (χ3v) is 1.50. The van der Waals surface area contributed by atoms with Crippen molar-refractivity contribution in [3.8, 4) is 0 Å². The Morgan fingerprint density at radius 3 is 3.20 bits per heavy atom. The highest BCUT2D eigenvalue weighted by Gasteiger charge is 2.13. The van der Waals surface area contributed by atoms with Crippen LogP contribution in [0.25, 0.3) is 0 Å². The summed E-state index contributed by atoms with van der Waals surface area (Å²) in [4.78, 5) is 9.76. The largest absolute Gasteiger partial charge is 0.379 e. The maximum absolute atomic E-state index is 9.76. The highest BCUT2D eigenvalue weighted by atomic mass is 16.5. The molecule has 10 heavy (non-hydrogen) atoms. The molecule has 1 aliphatic rings. The summed E-state index contributed by atoms with van der Waals surface area (Å²) in [5, 5.41) is 0. The molecule has 1 rings (SSSR count). The molecule has 0 N–H and O–H groups in total. The molecule has 1 saturated heterocycles. The third kappa shape index (κ3) is 2.45. The summed E-state index contributed by atoms with van der Waals surface area (Å²) in [6.07, 6.45) is 3.84. The summed E-state index contributed by atoms with van der Waals surface area (Å²) in [5.74, 6) is 0. The zero-order chi connectivity index (χ0) is 7.23. The molecule has 0 aliphatic carbocycles. The summed E-state index contributed by atoms with van der Waals surface area (Å²) in [5.41, 5.74) is 0. The Morgan fingerprint density at radius 2 is 2.60 bits per heavy atom. The van der Waals surface area contributed by atoms with Gasteiger partial charge >= 0.3 is 0 Å². The molecule has 1 heterocycles. The van der Waals surface area contributed by atoms with Gasteiger partial charge in [0.15, 0.2) is 0 Å². The monoisotopic (exact) mass is 143 g/mol. The van der Waals surface area contributed by atoms with E-state index in [0.29, 0.717) is 6.61 Å². The molecule has 3 heteroatoms. The Morgan fingerprint density at radius 1 is 1.70 bits per heavy atom. The molecular weight excluding hydrogens is 132 g/mol. The summed E-state index contributed by atoms with van der Waals surface area (Å²) in [7, 11) is 0. The first kappa shape index (κ1) is 7.69. The topological polar surface area (TPSA) is 35.5 Å². The van der Waals surface area contributed by atoms with Gasteiger partial charge in [-0.2, -0.15) is 0 Å². The second-order valence-electron chi connectivity index (χ2n) is 2.29. The maximum atomic E-state index is 9.76. The van der Waals surface area contributed by atoms with E-state index in [9.17, 15) is 4.79 Å². The van der Waals surface area contributed by atoms with E-state index in [1.807, 2.05) is 0 Å². The SMILES string of the molecule is O=[C]COC1CCCOC1. The lowest BCUT2D eigenvalue weighted by Gasteiger charge is -2.20. The number of hydrogen-bond donors (Lipinski definition) is 0. The molecular formula is C7H11O3. The first-order chi connectivity index (χ1) is 4.93. The molecule has 0 saturated carbocycles. The zero-order valence-corrected chi connectivity index (χ0v) is 5.84. The molecule has 1 radical (unpaired) electrons. The number of ether oxygens (including phenoxy) is 2. The molecule has 0 aromatic heterocycles. The summed E-state index contributed by atoms with van der Waals surface area (Å²) in [6.45, 7) is 1.53. The minimum Gasteiger partial charge on any atom is -0.379 e. The summed E-state index contributed by atoms with van der Waals surface area (Å²) in [6, 6.07) is 0. The lowest BCUT2D eigenvalue weighted by molar-refractivity contribution is -0.0380. The van der Waals surface area contributed by atoms with Crippen molar-refractivity contribution in [2.24, 2.45) is 0 Å². The van der Waals surface area contributed by atoms with Gasteiger partial charge in [-0.3, -0.25) is 4.79 Å². The molecule has 57 valence electrons. The van der Waals surface area contributed by atoms with Crippen molar-refractivity contribution in [3.05, 3.63) is 0 Å². The van der Waals surface area contributed by atoms with Crippen LogP contribution < -0.4 is 0 Å². The van der Waals surface area contributed by atoms with Crippen LogP contribution in [-0.4, -0.2) is 32.2 Å². The molecule has 0 amide bonds. The first-order valence-electron chi connectivity index (χ1n) is 3.48. The quantitative estimate of drug-likeness (QED) is 0.569. The fourth-order valence-electron chi connectivity index (χ4n) is 0.994. The highest BCUT2D eigenvalue weighted by molar-refractivity contribution is 5.51. The molecule has 0 aromatic rings. The fourth-order valence-corrected chi connectivity index (χ4v) is 0.994. The van der Waals surface area contributed by atoms with E-state index in [-0.39, 0.29) is 12.7 Å². The highest BCUT2D eigenvalue weighted by Crippen LogP contribution is 2.08. The van der Waals surface area contributed by atoms with E-state index in [0.717, 1.165) is 19.4 Å². The van der Waals surface area contributed by atoms with Crippen molar-refractivity contribution in [2.75, 3.05) is 19.8 Å². The van der Waals surface area contributed by atoms with Gasteiger partial charge in [0.25, 0.3) is 0 Å². The van der Waals surface area contributed by atoms with Gasteiger partial charge in [0.05, 0.1) is 12.7 Å². The standard InChI is InChI=1S/C7H11O3/c8-3-5-10-7-2-1-4-9-6-7/h7H,1-2,4-6H2. The lowest BCUT2D eigenvalue weighted by Crippen LogP contribution is -2.25. The van der Waals surface area contributed by atoms with Gasteiger partial charge in [-0.25, -0.2) is 0 Å². The van der Waals surface area contributed by atoms with E-state index in [1.54, 1.807) is 6.29 Å². The molecule has 3 nitrogen and oxygen atoms in total. The van der Waals surface area contributed by atoms with Crippen LogP contribution in [0.3, 0.4) is 0 Å². The number of hydrogen-bond acceptors (Lipinski definition) is 3. The summed E-state index contributed by atoms with van der Waals surface area (Å²) < 4.78 is 10.2. The predicted molar refractivity (Wildman–Crippen MR) is 35.5 cm³/mol. The molecule has 0 spiro atoms. The minimum absolute atomic E-state index is 0.0774.